The Hall–Kier alpha value is -2.48. The summed E-state index contributed by atoms with van der Waals surface area (Å²) in [6.07, 6.45) is 2.82. The van der Waals surface area contributed by atoms with Crippen LogP contribution in [-0.4, -0.2) is 58.0 Å². The summed E-state index contributed by atoms with van der Waals surface area (Å²) in [6.45, 7) is 3.78. The summed E-state index contributed by atoms with van der Waals surface area (Å²) in [4.78, 5) is 40.7. The van der Waals surface area contributed by atoms with Gasteiger partial charge in [-0.2, -0.15) is 0 Å². The molecule has 0 spiro atoms. The van der Waals surface area contributed by atoms with E-state index < -0.39 is 22.9 Å². The second-order valence-electron chi connectivity index (χ2n) is 6.93. The highest BCUT2D eigenvalue weighted by Crippen LogP contribution is 2.37. The number of hydrogen-bond acceptors (Lipinski definition) is 5. The first kappa shape index (κ1) is 19.3. The minimum Gasteiger partial charge on any atom is -0.467 e. The molecule has 1 saturated heterocycles. The lowest BCUT2D eigenvalue weighted by Gasteiger charge is -2.30. The molecule has 0 bridgehead atoms. The molecule has 2 amide bonds. The van der Waals surface area contributed by atoms with Crippen LogP contribution in [0.2, 0.25) is 0 Å². The smallest absolute Gasteiger partial charge is 0.328 e. The van der Waals surface area contributed by atoms with E-state index >= 15 is 0 Å². The average Bonchev–Trinajstić information content (AvgIpc) is 3.20. The Labute approximate surface area is 161 Å². The van der Waals surface area contributed by atoms with Crippen LogP contribution in [0.3, 0.4) is 0 Å². The number of nitrogens with one attached hydrogen (secondary N) is 2. The van der Waals surface area contributed by atoms with Crippen molar-refractivity contribution in [1.29, 1.82) is 0 Å². The predicted molar refractivity (Wildman–Crippen MR) is 104 cm³/mol. The van der Waals surface area contributed by atoms with E-state index in [1.165, 1.54) is 23.8 Å². The first-order valence-electron chi connectivity index (χ1n) is 8.68. The summed E-state index contributed by atoms with van der Waals surface area (Å²) in [5, 5.41) is 3.77. The second kappa shape index (κ2) is 7.64. The lowest BCUT2D eigenvalue weighted by molar-refractivity contribution is -0.146. The maximum atomic E-state index is 12.8. The minimum absolute atomic E-state index is 0.298. The lowest BCUT2D eigenvalue weighted by Crippen LogP contribution is -2.53. The van der Waals surface area contributed by atoms with Crippen LogP contribution in [-0.2, 0) is 25.5 Å². The van der Waals surface area contributed by atoms with Crippen molar-refractivity contribution in [1.82, 2.24) is 15.2 Å². The highest BCUT2D eigenvalue weighted by Gasteiger charge is 2.43. The van der Waals surface area contributed by atoms with Crippen molar-refractivity contribution in [3.8, 4) is 0 Å². The Morgan fingerprint density at radius 3 is 2.89 bits per heavy atom. The lowest BCUT2D eigenvalue weighted by atomic mass is 10.0. The molecule has 0 unspecified atom stereocenters. The van der Waals surface area contributed by atoms with Gasteiger partial charge in [-0.3, -0.25) is 9.59 Å². The number of rotatable bonds is 6. The number of methoxy groups -OCH3 is 1. The fraction of sp³-hybridized carbons (Fsp3) is 0.421. The number of H-pyrrole nitrogens is 1. The highest BCUT2D eigenvalue weighted by atomic mass is 32.2. The number of thioether (sulfide) groups is 1. The summed E-state index contributed by atoms with van der Waals surface area (Å²) < 4.78 is 4.88. The molecule has 0 radical (unpaired) electrons. The van der Waals surface area contributed by atoms with Gasteiger partial charge in [0.25, 0.3) is 0 Å². The van der Waals surface area contributed by atoms with E-state index in [1.807, 2.05) is 44.3 Å². The Morgan fingerprint density at radius 1 is 1.44 bits per heavy atom. The van der Waals surface area contributed by atoms with Crippen LogP contribution in [0, 0.1) is 0 Å². The van der Waals surface area contributed by atoms with Crippen molar-refractivity contribution >= 4 is 41.0 Å². The van der Waals surface area contributed by atoms with Gasteiger partial charge in [-0.1, -0.05) is 18.2 Å². The molecule has 1 fully saturated rings. The fourth-order valence-corrected chi connectivity index (χ4v) is 4.54. The second-order valence-corrected chi connectivity index (χ2v) is 8.56. The molecular weight excluding hydrogens is 366 g/mol. The maximum absolute atomic E-state index is 12.8. The first-order valence-corrected chi connectivity index (χ1v) is 9.67. The molecule has 2 atom stereocenters. The molecule has 144 valence electrons. The Morgan fingerprint density at radius 2 is 2.19 bits per heavy atom. The Kier molecular flexibility index (Phi) is 5.46. The molecule has 1 aromatic heterocycles. The van der Waals surface area contributed by atoms with E-state index in [2.05, 4.69) is 10.3 Å². The van der Waals surface area contributed by atoms with Crippen LogP contribution in [0.15, 0.2) is 30.5 Å². The number of para-hydroxylation sites is 1. The van der Waals surface area contributed by atoms with Crippen LogP contribution in [0.1, 0.15) is 19.4 Å². The number of carbonyl (C=O) groups excluding carboxylic acids is 3. The summed E-state index contributed by atoms with van der Waals surface area (Å²) in [5.41, 5.74) is 1.87. The van der Waals surface area contributed by atoms with Gasteiger partial charge in [0.2, 0.25) is 12.3 Å². The fourth-order valence-electron chi connectivity index (χ4n) is 3.34. The van der Waals surface area contributed by atoms with E-state index in [9.17, 15) is 14.4 Å². The van der Waals surface area contributed by atoms with E-state index in [-0.39, 0.29) is 5.91 Å². The third-order valence-electron chi connectivity index (χ3n) is 4.87. The van der Waals surface area contributed by atoms with E-state index in [1.54, 1.807) is 0 Å². The molecular formula is C19H23N3O4S. The highest BCUT2D eigenvalue weighted by molar-refractivity contribution is 8.00. The van der Waals surface area contributed by atoms with Gasteiger partial charge in [0.05, 0.1) is 12.0 Å². The molecule has 8 heteroatoms. The number of aromatic amines is 1. The van der Waals surface area contributed by atoms with Crippen molar-refractivity contribution in [3.63, 3.8) is 0 Å². The van der Waals surface area contributed by atoms with Gasteiger partial charge < -0.3 is 19.9 Å². The van der Waals surface area contributed by atoms with Crippen LogP contribution in [0.4, 0.5) is 0 Å². The number of fused-ring (bicyclic) bond motifs is 1. The summed E-state index contributed by atoms with van der Waals surface area (Å²) >= 11 is 1.53. The number of benzene rings is 1. The number of esters is 1. The molecule has 1 aliphatic rings. The number of ether oxygens (including phenoxy) is 1. The van der Waals surface area contributed by atoms with Crippen molar-refractivity contribution in [2.75, 3.05) is 12.9 Å². The molecule has 1 aromatic carbocycles. The van der Waals surface area contributed by atoms with Gasteiger partial charge in [0.1, 0.15) is 12.1 Å². The van der Waals surface area contributed by atoms with Crippen molar-refractivity contribution in [3.05, 3.63) is 36.0 Å². The number of nitrogens with zero attached hydrogens (tertiary/aromatic N) is 1. The molecule has 1 aliphatic heterocycles. The Bertz CT molecular complexity index is 864. The Balaban J connectivity index is 1.78. The quantitative estimate of drug-likeness (QED) is 0.579. The third kappa shape index (κ3) is 3.80. The first-order chi connectivity index (χ1) is 12.9. The van der Waals surface area contributed by atoms with E-state index in [0.29, 0.717) is 18.6 Å². The molecule has 7 nitrogen and oxygen atoms in total. The number of hydrogen-bond donors (Lipinski definition) is 2. The average molecular weight is 389 g/mol. The zero-order valence-electron chi connectivity index (χ0n) is 15.5. The van der Waals surface area contributed by atoms with Crippen LogP contribution in [0.25, 0.3) is 10.9 Å². The van der Waals surface area contributed by atoms with Crippen molar-refractivity contribution in [2.45, 2.75) is 37.2 Å². The van der Waals surface area contributed by atoms with Gasteiger partial charge in [0, 0.05) is 29.3 Å². The van der Waals surface area contributed by atoms with Crippen molar-refractivity contribution in [2.24, 2.45) is 0 Å². The van der Waals surface area contributed by atoms with Gasteiger partial charge >= 0.3 is 5.97 Å². The normalized spacial score (nSPS) is 19.7. The van der Waals surface area contributed by atoms with Gasteiger partial charge in [-0.15, -0.1) is 11.8 Å². The van der Waals surface area contributed by atoms with Crippen LogP contribution >= 0.6 is 11.8 Å². The number of aromatic nitrogens is 1. The molecule has 2 aromatic rings. The summed E-state index contributed by atoms with van der Waals surface area (Å²) in [6, 6.07) is 6.31. The van der Waals surface area contributed by atoms with Gasteiger partial charge in [0.15, 0.2) is 0 Å². The van der Waals surface area contributed by atoms with Gasteiger partial charge in [-0.05, 0) is 25.5 Å². The third-order valence-corrected chi connectivity index (χ3v) is 6.27. The van der Waals surface area contributed by atoms with E-state index in [4.69, 9.17) is 4.74 Å². The standard InChI is InChI=1S/C19H23N3O4S/c1-19(2)22(11-23)16(10-27-19)17(24)21-15(18(25)26-3)8-12-9-20-14-7-5-4-6-13(12)14/h4-7,9,11,15-16,20H,8,10H2,1-3H3,(H,21,24)/t15-,16-/m0/s1. The maximum Gasteiger partial charge on any atom is 0.328 e. The van der Waals surface area contributed by atoms with Crippen molar-refractivity contribution < 1.29 is 19.1 Å². The minimum atomic E-state index is -0.830. The van der Waals surface area contributed by atoms with Crippen LogP contribution in [0.5, 0.6) is 0 Å². The largest absolute Gasteiger partial charge is 0.467 e. The summed E-state index contributed by atoms with van der Waals surface area (Å²) in [7, 11) is 1.29. The zero-order valence-corrected chi connectivity index (χ0v) is 16.3. The molecule has 2 N–H and O–H groups in total. The number of amides is 2. The molecule has 2 heterocycles. The zero-order chi connectivity index (χ0) is 19.6. The molecule has 27 heavy (non-hydrogen) atoms. The summed E-state index contributed by atoms with van der Waals surface area (Å²) in [5.74, 6) is -0.384. The molecule has 3 rings (SSSR count). The topological polar surface area (TPSA) is 91.5 Å². The van der Waals surface area contributed by atoms with Crippen LogP contribution < -0.4 is 5.32 Å². The molecule has 0 aliphatic carbocycles. The molecule has 0 saturated carbocycles. The van der Waals surface area contributed by atoms with Gasteiger partial charge in [-0.25, -0.2) is 4.79 Å². The monoisotopic (exact) mass is 389 g/mol. The SMILES string of the molecule is COC(=O)[C@H](Cc1c[nH]c2ccccc12)NC(=O)[C@@H]1CSC(C)(C)N1C=O. The van der Waals surface area contributed by atoms with E-state index in [0.717, 1.165) is 16.5 Å². The number of carbonyl (C=O) groups is 3. The predicted octanol–water partition coefficient (Wildman–Crippen LogP) is 1.68.